The molecule has 1 aromatic carbocycles. The Labute approximate surface area is 186 Å². The molecule has 1 saturated carbocycles. The van der Waals surface area contributed by atoms with Crippen molar-refractivity contribution in [2.24, 2.45) is 16.3 Å². The van der Waals surface area contributed by atoms with Crippen LogP contribution in [0.3, 0.4) is 0 Å². The van der Waals surface area contributed by atoms with Gasteiger partial charge in [0.25, 0.3) is 0 Å². The second kappa shape index (κ2) is 10.8. The molecule has 1 aliphatic heterocycles. The zero-order chi connectivity index (χ0) is 22.3. The highest BCUT2D eigenvalue weighted by atomic mass is 16.5. The number of nitrogens with zero attached hydrogens (tertiary/aromatic N) is 2. The van der Waals surface area contributed by atoms with Gasteiger partial charge in [0.05, 0.1) is 18.6 Å². The number of carbonyl (C=O) groups excluding carboxylic acids is 1. The highest BCUT2D eigenvalue weighted by Gasteiger charge is 2.42. The van der Waals surface area contributed by atoms with Crippen LogP contribution in [0, 0.1) is 18.3 Å². The summed E-state index contributed by atoms with van der Waals surface area (Å²) < 4.78 is 11.6. The minimum Gasteiger partial charge on any atom is -0.493 e. The van der Waals surface area contributed by atoms with E-state index in [1.165, 1.54) is 5.56 Å². The van der Waals surface area contributed by atoms with Gasteiger partial charge in [0.2, 0.25) is 5.91 Å². The monoisotopic (exact) mass is 430 g/mol. The summed E-state index contributed by atoms with van der Waals surface area (Å²) in [6.45, 7) is 5.57. The van der Waals surface area contributed by atoms with Crippen molar-refractivity contribution in [2.45, 2.75) is 45.6 Å². The average molecular weight is 431 g/mol. The number of benzene rings is 1. The van der Waals surface area contributed by atoms with Crippen molar-refractivity contribution in [3.8, 4) is 5.75 Å². The van der Waals surface area contributed by atoms with E-state index in [0.29, 0.717) is 31.6 Å². The minimum absolute atomic E-state index is 0.207. The zero-order valence-corrected chi connectivity index (χ0v) is 19.5. The number of amides is 1. The maximum Gasteiger partial charge on any atom is 0.230 e. The maximum atomic E-state index is 12.8. The van der Waals surface area contributed by atoms with E-state index in [2.05, 4.69) is 40.7 Å². The summed E-state index contributed by atoms with van der Waals surface area (Å²) in [5.41, 5.74) is 1.93. The molecule has 2 aliphatic rings. The largest absolute Gasteiger partial charge is 0.493 e. The second-order valence-corrected chi connectivity index (χ2v) is 9.12. The first-order valence-corrected chi connectivity index (χ1v) is 11.4. The number of aliphatic imine (C=N–C) groups is 1. The SMILES string of the molecule is CN=C(NCc1ccc(C)cc1OCC1CCOC1)NCC1(C(=O)N(C)C)CCCC1. The fourth-order valence-electron chi connectivity index (χ4n) is 4.51. The molecular weight excluding hydrogens is 392 g/mol. The fourth-order valence-corrected chi connectivity index (χ4v) is 4.51. The Morgan fingerprint density at radius 3 is 2.71 bits per heavy atom. The molecular formula is C24H38N4O3. The van der Waals surface area contributed by atoms with Crippen LogP contribution in [0.1, 0.15) is 43.2 Å². The van der Waals surface area contributed by atoms with Gasteiger partial charge in [0.15, 0.2) is 5.96 Å². The van der Waals surface area contributed by atoms with Crippen molar-refractivity contribution in [1.82, 2.24) is 15.5 Å². The lowest BCUT2D eigenvalue weighted by Crippen LogP contribution is -2.49. The molecule has 0 aromatic heterocycles. The third-order valence-electron chi connectivity index (χ3n) is 6.41. The van der Waals surface area contributed by atoms with Crippen molar-refractivity contribution >= 4 is 11.9 Å². The lowest BCUT2D eigenvalue weighted by atomic mass is 9.84. The Morgan fingerprint density at radius 1 is 1.29 bits per heavy atom. The normalized spacial score (nSPS) is 20.5. The van der Waals surface area contributed by atoms with Crippen molar-refractivity contribution in [3.05, 3.63) is 29.3 Å². The number of hydrogen-bond donors (Lipinski definition) is 2. The summed E-state index contributed by atoms with van der Waals surface area (Å²) in [4.78, 5) is 18.9. The first kappa shape index (κ1) is 23.4. The molecule has 0 radical (unpaired) electrons. The number of ether oxygens (including phenoxy) is 2. The Kier molecular flexibility index (Phi) is 8.18. The summed E-state index contributed by atoms with van der Waals surface area (Å²) in [7, 11) is 5.44. The van der Waals surface area contributed by atoms with Gasteiger partial charge in [0.1, 0.15) is 5.75 Å². The molecule has 1 aromatic rings. The molecule has 1 aliphatic carbocycles. The fraction of sp³-hybridized carbons (Fsp3) is 0.667. The topological polar surface area (TPSA) is 75.2 Å². The van der Waals surface area contributed by atoms with Crippen LogP contribution in [-0.4, -0.2) is 64.3 Å². The van der Waals surface area contributed by atoms with E-state index >= 15 is 0 Å². The van der Waals surface area contributed by atoms with E-state index in [-0.39, 0.29) is 11.3 Å². The third kappa shape index (κ3) is 6.12. The molecule has 2 fully saturated rings. The van der Waals surface area contributed by atoms with E-state index < -0.39 is 0 Å². The van der Waals surface area contributed by atoms with Gasteiger partial charge < -0.3 is 25.0 Å². The highest BCUT2D eigenvalue weighted by molar-refractivity contribution is 5.85. The molecule has 3 rings (SSSR count). The van der Waals surface area contributed by atoms with E-state index in [4.69, 9.17) is 9.47 Å². The standard InChI is InChI=1S/C24H38N4O3/c1-18-7-8-20(21(13-18)31-16-19-9-12-30-15-19)14-26-23(25-2)27-17-24(10-5-6-11-24)22(29)28(3)4/h7-8,13,19H,5-6,9-12,14-17H2,1-4H3,(H2,25,26,27). The average Bonchev–Trinajstić information content (AvgIpc) is 3.45. The van der Waals surface area contributed by atoms with Crippen LogP contribution in [-0.2, 0) is 16.1 Å². The number of hydrogen-bond acceptors (Lipinski definition) is 4. The quantitative estimate of drug-likeness (QED) is 0.490. The van der Waals surface area contributed by atoms with E-state index in [1.807, 2.05) is 14.1 Å². The predicted octanol–water partition coefficient (Wildman–Crippen LogP) is 2.72. The smallest absolute Gasteiger partial charge is 0.230 e. The summed E-state index contributed by atoms with van der Waals surface area (Å²) in [5.74, 6) is 2.28. The predicted molar refractivity (Wildman–Crippen MR) is 123 cm³/mol. The van der Waals surface area contributed by atoms with Crippen LogP contribution in [0.2, 0.25) is 0 Å². The molecule has 7 nitrogen and oxygen atoms in total. The van der Waals surface area contributed by atoms with Gasteiger partial charge in [-0.25, -0.2) is 0 Å². The molecule has 0 spiro atoms. The van der Waals surface area contributed by atoms with E-state index in [0.717, 1.165) is 56.6 Å². The summed E-state index contributed by atoms with van der Waals surface area (Å²) >= 11 is 0. The Morgan fingerprint density at radius 2 is 2.06 bits per heavy atom. The number of rotatable bonds is 8. The first-order chi connectivity index (χ1) is 14.9. The molecule has 7 heteroatoms. The van der Waals surface area contributed by atoms with Crippen LogP contribution in [0.5, 0.6) is 5.75 Å². The minimum atomic E-state index is -0.331. The van der Waals surface area contributed by atoms with Crippen molar-refractivity contribution in [2.75, 3.05) is 47.5 Å². The van der Waals surface area contributed by atoms with Gasteiger partial charge in [0, 0.05) is 52.3 Å². The van der Waals surface area contributed by atoms with E-state index in [1.54, 1.807) is 11.9 Å². The molecule has 1 amide bonds. The number of aryl methyl sites for hydroxylation is 1. The van der Waals surface area contributed by atoms with Gasteiger partial charge in [-0.3, -0.25) is 9.79 Å². The molecule has 172 valence electrons. The molecule has 1 atom stereocenters. The molecule has 31 heavy (non-hydrogen) atoms. The number of guanidine groups is 1. The van der Waals surface area contributed by atoms with Gasteiger partial charge in [-0.15, -0.1) is 0 Å². The van der Waals surface area contributed by atoms with Crippen LogP contribution in [0.15, 0.2) is 23.2 Å². The van der Waals surface area contributed by atoms with Crippen LogP contribution in [0.4, 0.5) is 0 Å². The highest BCUT2D eigenvalue weighted by Crippen LogP contribution is 2.38. The summed E-state index contributed by atoms with van der Waals surface area (Å²) in [6.07, 6.45) is 5.11. The number of nitrogens with one attached hydrogen (secondary N) is 2. The van der Waals surface area contributed by atoms with Gasteiger partial charge >= 0.3 is 0 Å². The third-order valence-corrected chi connectivity index (χ3v) is 6.41. The lowest BCUT2D eigenvalue weighted by Gasteiger charge is -2.31. The van der Waals surface area contributed by atoms with Crippen LogP contribution >= 0.6 is 0 Å². The van der Waals surface area contributed by atoms with Crippen molar-refractivity contribution < 1.29 is 14.3 Å². The van der Waals surface area contributed by atoms with Crippen molar-refractivity contribution in [1.29, 1.82) is 0 Å². The molecule has 1 heterocycles. The second-order valence-electron chi connectivity index (χ2n) is 9.12. The lowest BCUT2D eigenvalue weighted by molar-refractivity contribution is -0.138. The van der Waals surface area contributed by atoms with Gasteiger partial charge in [-0.05, 0) is 37.8 Å². The molecule has 1 saturated heterocycles. The van der Waals surface area contributed by atoms with Crippen LogP contribution < -0.4 is 15.4 Å². The maximum absolute atomic E-state index is 12.8. The van der Waals surface area contributed by atoms with E-state index in [9.17, 15) is 4.79 Å². The van der Waals surface area contributed by atoms with Gasteiger partial charge in [-0.1, -0.05) is 25.0 Å². The zero-order valence-electron chi connectivity index (χ0n) is 19.5. The van der Waals surface area contributed by atoms with Crippen molar-refractivity contribution in [3.63, 3.8) is 0 Å². The van der Waals surface area contributed by atoms with Crippen LogP contribution in [0.25, 0.3) is 0 Å². The number of carbonyl (C=O) groups is 1. The Hall–Kier alpha value is -2.28. The molecule has 2 N–H and O–H groups in total. The molecule has 0 bridgehead atoms. The summed E-state index contributed by atoms with van der Waals surface area (Å²) in [5, 5.41) is 6.79. The summed E-state index contributed by atoms with van der Waals surface area (Å²) in [6, 6.07) is 6.29. The first-order valence-electron chi connectivity index (χ1n) is 11.4. The Balaban J connectivity index is 1.58. The Bertz CT molecular complexity index is 766. The molecule has 1 unspecified atom stereocenters. The van der Waals surface area contributed by atoms with Gasteiger partial charge in [-0.2, -0.15) is 0 Å².